The smallest absolute Gasteiger partial charge is 0.319 e. The number of benzene rings is 1. The number of methoxy groups -OCH3 is 1. The SMILES string of the molecule is COc1ccc(N)c(NC(=O)NC(C)(C)C)c1. The summed E-state index contributed by atoms with van der Waals surface area (Å²) in [6, 6.07) is 4.81. The maximum absolute atomic E-state index is 11.7. The van der Waals surface area contributed by atoms with Crippen LogP contribution in [0.15, 0.2) is 18.2 Å². The van der Waals surface area contributed by atoms with Gasteiger partial charge in [-0.25, -0.2) is 4.79 Å². The van der Waals surface area contributed by atoms with E-state index >= 15 is 0 Å². The normalized spacial score (nSPS) is 10.8. The van der Waals surface area contributed by atoms with Crippen LogP contribution in [-0.2, 0) is 0 Å². The highest BCUT2D eigenvalue weighted by atomic mass is 16.5. The molecule has 0 bridgehead atoms. The van der Waals surface area contributed by atoms with Gasteiger partial charge >= 0.3 is 6.03 Å². The summed E-state index contributed by atoms with van der Waals surface area (Å²) >= 11 is 0. The van der Waals surface area contributed by atoms with E-state index in [9.17, 15) is 4.79 Å². The van der Waals surface area contributed by atoms with Crippen LogP contribution in [0.3, 0.4) is 0 Å². The largest absolute Gasteiger partial charge is 0.497 e. The van der Waals surface area contributed by atoms with Crippen LogP contribution in [-0.4, -0.2) is 18.7 Å². The zero-order valence-electron chi connectivity index (χ0n) is 10.6. The number of nitrogens with one attached hydrogen (secondary N) is 2. The molecule has 4 N–H and O–H groups in total. The fourth-order valence-corrected chi connectivity index (χ4v) is 1.26. The zero-order chi connectivity index (χ0) is 13.1. The maximum atomic E-state index is 11.7. The van der Waals surface area contributed by atoms with Crippen molar-refractivity contribution >= 4 is 17.4 Å². The highest BCUT2D eigenvalue weighted by Crippen LogP contribution is 2.24. The molecule has 0 atom stereocenters. The van der Waals surface area contributed by atoms with Crippen molar-refractivity contribution in [2.24, 2.45) is 0 Å². The van der Waals surface area contributed by atoms with Crippen LogP contribution in [0.2, 0.25) is 0 Å². The van der Waals surface area contributed by atoms with Crippen molar-refractivity contribution in [3.8, 4) is 5.75 Å². The van der Waals surface area contributed by atoms with Gasteiger partial charge in [0.05, 0.1) is 18.5 Å². The summed E-state index contributed by atoms with van der Waals surface area (Å²) < 4.78 is 5.07. The predicted molar refractivity (Wildman–Crippen MR) is 69.3 cm³/mol. The summed E-state index contributed by atoms with van der Waals surface area (Å²) in [6.45, 7) is 5.71. The first-order chi connectivity index (χ1) is 7.81. The number of hydrogen-bond acceptors (Lipinski definition) is 3. The second-order valence-electron chi connectivity index (χ2n) is 4.78. The fraction of sp³-hybridized carbons (Fsp3) is 0.417. The minimum Gasteiger partial charge on any atom is -0.497 e. The molecule has 5 heteroatoms. The van der Waals surface area contributed by atoms with Gasteiger partial charge in [0.1, 0.15) is 5.75 Å². The monoisotopic (exact) mass is 237 g/mol. The third-order valence-electron chi connectivity index (χ3n) is 2.00. The van der Waals surface area contributed by atoms with E-state index in [0.717, 1.165) is 0 Å². The van der Waals surface area contributed by atoms with Gasteiger partial charge in [0.25, 0.3) is 0 Å². The van der Waals surface area contributed by atoms with Gasteiger partial charge in [-0.2, -0.15) is 0 Å². The Kier molecular flexibility index (Phi) is 3.83. The van der Waals surface area contributed by atoms with Crippen LogP contribution in [0.5, 0.6) is 5.75 Å². The van der Waals surface area contributed by atoms with E-state index in [-0.39, 0.29) is 11.6 Å². The summed E-state index contributed by atoms with van der Waals surface area (Å²) in [6.07, 6.45) is 0. The number of ether oxygens (including phenoxy) is 1. The van der Waals surface area contributed by atoms with Gasteiger partial charge in [0.15, 0.2) is 0 Å². The van der Waals surface area contributed by atoms with Crippen LogP contribution in [0, 0.1) is 0 Å². The molecule has 1 rings (SSSR count). The number of rotatable bonds is 2. The number of carbonyl (C=O) groups excluding carboxylic acids is 1. The Balaban J connectivity index is 2.77. The van der Waals surface area contributed by atoms with Crippen molar-refractivity contribution < 1.29 is 9.53 Å². The topological polar surface area (TPSA) is 76.4 Å². The van der Waals surface area contributed by atoms with E-state index in [1.807, 2.05) is 20.8 Å². The molecule has 0 heterocycles. The van der Waals surface area contributed by atoms with E-state index in [2.05, 4.69) is 10.6 Å². The molecule has 0 aliphatic rings. The Morgan fingerprint density at radius 2 is 2.00 bits per heavy atom. The van der Waals surface area contributed by atoms with E-state index in [1.54, 1.807) is 25.3 Å². The van der Waals surface area contributed by atoms with Crippen molar-refractivity contribution in [2.45, 2.75) is 26.3 Å². The lowest BCUT2D eigenvalue weighted by Crippen LogP contribution is -2.43. The van der Waals surface area contributed by atoms with Gasteiger partial charge in [-0.05, 0) is 32.9 Å². The Morgan fingerprint density at radius 3 is 2.53 bits per heavy atom. The van der Waals surface area contributed by atoms with Crippen LogP contribution in [0.4, 0.5) is 16.2 Å². The molecule has 0 saturated heterocycles. The Morgan fingerprint density at radius 1 is 1.35 bits per heavy atom. The lowest BCUT2D eigenvalue weighted by atomic mass is 10.1. The van der Waals surface area contributed by atoms with Crippen molar-refractivity contribution in [3.63, 3.8) is 0 Å². The lowest BCUT2D eigenvalue weighted by molar-refractivity contribution is 0.244. The molecular weight excluding hydrogens is 218 g/mol. The van der Waals surface area contributed by atoms with Gasteiger partial charge in [-0.1, -0.05) is 0 Å². The number of urea groups is 1. The second-order valence-corrected chi connectivity index (χ2v) is 4.78. The minimum atomic E-state index is -0.294. The molecule has 0 saturated carbocycles. The molecule has 1 aromatic rings. The van der Waals surface area contributed by atoms with Crippen molar-refractivity contribution in [3.05, 3.63) is 18.2 Å². The summed E-state index contributed by atoms with van der Waals surface area (Å²) in [7, 11) is 1.56. The highest BCUT2D eigenvalue weighted by Gasteiger charge is 2.14. The van der Waals surface area contributed by atoms with E-state index in [1.165, 1.54) is 0 Å². The first-order valence-corrected chi connectivity index (χ1v) is 5.34. The molecule has 0 fully saturated rings. The minimum absolute atomic E-state index is 0.294. The Labute approximate surface area is 101 Å². The fourth-order valence-electron chi connectivity index (χ4n) is 1.26. The molecule has 0 spiro atoms. The standard InChI is InChI=1S/C12H19N3O2/c1-12(2,3)15-11(16)14-10-7-8(17-4)5-6-9(10)13/h5-7H,13H2,1-4H3,(H2,14,15,16). The lowest BCUT2D eigenvalue weighted by Gasteiger charge is -2.21. The van der Waals surface area contributed by atoms with E-state index in [4.69, 9.17) is 10.5 Å². The first kappa shape index (κ1) is 13.2. The summed E-state index contributed by atoms with van der Waals surface area (Å²) in [5.41, 5.74) is 6.49. The van der Waals surface area contributed by atoms with Crippen molar-refractivity contribution in [2.75, 3.05) is 18.2 Å². The number of nitrogens with two attached hydrogens (primary N) is 1. The van der Waals surface area contributed by atoms with Crippen molar-refractivity contribution in [1.82, 2.24) is 5.32 Å². The van der Waals surface area contributed by atoms with E-state index in [0.29, 0.717) is 17.1 Å². The van der Waals surface area contributed by atoms with E-state index < -0.39 is 0 Å². The third kappa shape index (κ3) is 4.22. The number of nitrogen functional groups attached to an aromatic ring is 1. The van der Waals surface area contributed by atoms with Crippen LogP contribution in [0.1, 0.15) is 20.8 Å². The van der Waals surface area contributed by atoms with Crippen LogP contribution < -0.4 is 21.1 Å². The molecule has 94 valence electrons. The molecule has 0 aromatic heterocycles. The Bertz CT molecular complexity index is 411. The average molecular weight is 237 g/mol. The molecule has 17 heavy (non-hydrogen) atoms. The summed E-state index contributed by atoms with van der Waals surface area (Å²) in [4.78, 5) is 11.7. The highest BCUT2D eigenvalue weighted by molar-refractivity contribution is 5.93. The van der Waals surface area contributed by atoms with Gasteiger partial charge in [0, 0.05) is 11.6 Å². The zero-order valence-corrected chi connectivity index (χ0v) is 10.6. The summed E-state index contributed by atoms with van der Waals surface area (Å²) in [5.74, 6) is 0.644. The number of amides is 2. The van der Waals surface area contributed by atoms with Crippen LogP contribution in [0.25, 0.3) is 0 Å². The predicted octanol–water partition coefficient (Wildman–Crippen LogP) is 2.20. The molecular formula is C12H19N3O2. The van der Waals surface area contributed by atoms with Gasteiger partial charge in [-0.3, -0.25) is 0 Å². The quantitative estimate of drug-likeness (QED) is 0.690. The van der Waals surface area contributed by atoms with Crippen LogP contribution >= 0.6 is 0 Å². The molecule has 2 amide bonds. The molecule has 0 aliphatic carbocycles. The maximum Gasteiger partial charge on any atom is 0.319 e. The molecule has 0 radical (unpaired) electrons. The molecule has 0 unspecified atom stereocenters. The number of carbonyl (C=O) groups is 1. The third-order valence-corrected chi connectivity index (χ3v) is 2.00. The Hall–Kier alpha value is -1.91. The second kappa shape index (κ2) is 4.95. The molecule has 5 nitrogen and oxygen atoms in total. The molecule has 0 aliphatic heterocycles. The summed E-state index contributed by atoms with van der Waals surface area (Å²) in [5, 5.41) is 5.47. The van der Waals surface area contributed by atoms with Crippen molar-refractivity contribution in [1.29, 1.82) is 0 Å². The number of hydrogen-bond donors (Lipinski definition) is 3. The van der Waals surface area contributed by atoms with Gasteiger partial charge < -0.3 is 21.1 Å². The van der Waals surface area contributed by atoms with Gasteiger partial charge in [-0.15, -0.1) is 0 Å². The number of anilines is 2. The molecule has 1 aromatic carbocycles. The van der Waals surface area contributed by atoms with Gasteiger partial charge in [0.2, 0.25) is 0 Å². The average Bonchev–Trinajstić information content (AvgIpc) is 2.18. The first-order valence-electron chi connectivity index (χ1n) is 5.34.